The number of rotatable bonds is 3. The minimum atomic E-state index is -2.89. The number of carboxylic acid groups (broad SMARTS) is 1. The van der Waals surface area contributed by atoms with Gasteiger partial charge in [-0.3, -0.25) is 0 Å². The van der Waals surface area contributed by atoms with Gasteiger partial charge in [-0.25, -0.2) is 13.6 Å². The van der Waals surface area contributed by atoms with Gasteiger partial charge in [0, 0.05) is 5.56 Å². The summed E-state index contributed by atoms with van der Waals surface area (Å²) in [4.78, 5) is 10.7. The van der Waals surface area contributed by atoms with Crippen molar-refractivity contribution in [1.29, 1.82) is 0 Å². The van der Waals surface area contributed by atoms with Gasteiger partial charge in [-0.1, -0.05) is 0 Å². The average Bonchev–Trinajstić information content (AvgIpc) is 2.20. The highest BCUT2D eigenvalue weighted by molar-refractivity contribution is 9.10. The maximum atomic E-state index is 12.4. The Kier molecular flexibility index (Phi) is 3.82. The van der Waals surface area contributed by atoms with E-state index in [0.717, 1.165) is 12.1 Å². The summed E-state index contributed by atoms with van der Waals surface area (Å²) in [5.41, 5.74) is 4.62. The number of hydrogen-bond donors (Lipinski definition) is 3. The third kappa shape index (κ3) is 2.48. The number of carboxylic acids is 1. The van der Waals surface area contributed by atoms with Gasteiger partial charge in [-0.15, -0.1) is 0 Å². The lowest BCUT2D eigenvalue weighted by molar-refractivity contribution is 0.0695. The molecule has 0 saturated carbocycles. The molecule has 16 heavy (non-hydrogen) atoms. The fourth-order valence-corrected chi connectivity index (χ4v) is 1.61. The molecule has 0 saturated heterocycles. The molecule has 1 atom stereocenters. The number of nitrogens with two attached hydrogens (primary N) is 1. The molecule has 0 aliphatic rings. The quantitative estimate of drug-likeness (QED) is 0.797. The van der Waals surface area contributed by atoms with Crippen molar-refractivity contribution in [3.63, 3.8) is 0 Å². The SMILES string of the molecule is N[C@@H](c1cc(C(=O)O)cc(Br)c1O)C(F)F. The van der Waals surface area contributed by atoms with E-state index in [0.29, 0.717) is 0 Å². The minimum absolute atomic E-state index is 0.0125. The molecule has 88 valence electrons. The Bertz CT molecular complexity index is 425. The fraction of sp³-hybridized carbons (Fsp3) is 0.222. The van der Waals surface area contributed by atoms with Crippen LogP contribution in [0.5, 0.6) is 5.75 Å². The Labute approximate surface area is 97.8 Å². The molecule has 0 radical (unpaired) electrons. The Balaban J connectivity index is 3.32. The molecule has 0 aromatic heterocycles. The van der Waals surface area contributed by atoms with Gasteiger partial charge in [0.15, 0.2) is 0 Å². The smallest absolute Gasteiger partial charge is 0.335 e. The van der Waals surface area contributed by atoms with E-state index in [1.807, 2.05) is 0 Å². The number of carbonyl (C=O) groups is 1. The predicted octanol–water partition coefficient (Wildman–Crippen LogP) is 2.12. The zero-order valence-corrected chi connectivity index (χ0v) is 9.41. The van der Waals surface area contributed by atoms with Gasteiger partial charge in [0.25, 0.3) is 6.43 Å². The lowest BCUT2D eigenvalue weighted by Crippen LogP contribution is -2.19. The Morgan fingerprint density at radius 3 is 2.44 bits per heavy atom. The fourth-order valence-electron chi connectivity index (χ4n) is 1.13. The third-order valence-corrected chi connectivity index (χ3v) is 2.57. The molecule has 1 rings (SSSR count). The van der Waals surface area contributed by atoms with E-state index in [4.69, 9.17) is 10.8 Å². The van der Waals surface area contributed by atoms with Gasteiger partial charge in [-0.05, 0) is 28.1 Å². The Morgan fingerprint density at radius 1 is 1.44 bits per heavy atom. The topological polar surface area (TPSA) is 83.6 Å². The van der Waals surface area contributed by atoms with Gasteiger partial charge in [-0.2, -0.15) is 0 Å². The zero-order chi connectivity index (χ0) is 12.5. The van der Waals surface area contributed by atoms with Crippen LogP contribution in [0.25, 0.3) is 0 Å². The first-order chi connectivity index (χ1) is 7.34. The first-order valence-electron chi connectivity index (χ1n) is 4.14. The Morgan fingerprint density at radius 2 is 2.00 bits per heavy atom. The molecule has 1 aromatic rings. The number of halogens is 3. The number of aromatic hydroxyl groups is 1. The first-order valence-corrected chi connectivity index (χ1v) is 4.93. The second kappa shape index (κ2) is 4.75. The molecule has 0 unspecified atom stereocenters. The highest BCUT2D eigenvalue weighted by atomic mass is 79.9. The summed E-state index contributed by atoms with van der Waals surface area (Å²) in [7, 11) is 0. The molecular weight excluding hydrogens is 288 g/mol. The molecule has 4 nitrogen and oxygen atoms in total. The maximum absolute atomic E-state index is 12.4. The summed E-state index contributed by atoms with van der Waals surface area (Å²) in [5.74, 6) is -1.76. The normalized spacial score (nSPS) is 12.8. The average molecular weight is 296 g/mol. The standard InChI is InChI=1S/C9H8BrF2NO3/c10-5-2-3(9(15)16)1-4(7(5)14)6(13)8(11)12/h1-2,6,8,14H,13H2,(H,15,16)/t6-/m0/s1. The van der Waals surface area contributed by atoms with Crippen LogP contribution in [0.15, 0.2) is 16.6 Å². The van der Waals surface area contributed by atoms with Crippen molar-refractivity contribution in [2.45, 2.75) is 12.5 Å². The molecule has 0 heterocycles. The number of hydrogen-bond acceptors (Lipinski definition) is 3. The highest BCUT2D eigenvalue weighted by Gasteiger charge is 2.23. The Hall–Kier alpha value is -1.21. The second-order valence-electron chi connectivity index (χ2n) is 3.06. The van der Waals surface area contributed by atoms with E-state index in [2.05, 4.69) is 15.9 Å². The zero-order valence-electron chi connectivity index (χ0n) is 7.82. The van der Waals surface area contributed by atoms with E-state index in [9.17, 15) is 18.7 Å². The minimum Gasteiger partial charge on any atom is -0.506 e. The molecule has 4 N–H and O–H groups in total. The maximum Gasteiger partial charge on any atom is 0.335 e. The summed E-state index contributed by atoms with van der Waals surface area (Å²) in [6, 6.07) is 0.314. The summed E-state index contributed by atoms with van der Waals surface area (Å²) < 4.78 is 24.7. The van der Waals surface area contributed by atoms with Crippen molar-refractivity contribution in [2.24, 2.45) is 5.73 Å². The van der Waals surface area contributed by atoms with E-state index in [1.165, 1.54) is 0 Å². The second-order valence-corrected chi connectivity index (χ2v) is 3.92. The van der Waals surface area contributed by atoms with Crippen LogP contribution in [0.2, 0.25) is 0 Å². The largest absolute Gasteiger partial charge is 0.506 e. The van der Waals surface area contributed by atoms with Gasteiger partial charge in [0.05, 0.1) is 16.1 Å². The molecule has 0 aliphatic heterocycles. The van der Waals surface area contributed by atoms with Crippen LogP contribution in [0.1, 0.15) is 22.0 Å². The van der Waals surface area contributed by atoms with Crippen LogP contribution in [0.3, 0.4) is 0 Å². The van der Waals surface area contributed by atoms with Crippen molar-refractivity contribution in [3.8, 4) is 5.75 Å². The van der Waals surface area contributed by atoms with Crippen molar-refractivity contribution in [3.05, 3.63) is 27.7 Å². The van der Waals surface area contributed by atoms with Crippen LogP contribution in [-0.2, 0) is 0 Å². The summed E-state index contributed by atoms with van der Waals surface area (Å²) in [5, 5.41) is 18.2. The van der Waals surface area contributed by atoms with Crippen LogP contribution in [0.4, 0.5) is 8.78 Å². The molecule has 0 fully saturated rings. The molecule has 0 aliphatic carbocycles. The molecule has 1 aromatic carbocycles. The summed E-state index contributed by atoms with van der Waals surface area (Å²) >= 11 is 2.87. The molecule has 0 spiro atoms. The van der Waals surface area contributed by atoms with E-state index < -0.39 is 24.2 Å². The van der Waals surface area contributed by atoms with Gasteiger partial charge >= 0.3 is 5.97 Å². The molecule has 0 bridgehead atoms. The number of phenolic OH excluding ortho intramolecular Hbond substituents is 1. The van der Waals surface area contributed by atoms with Gasteiger partial charge in [0.2, 0.25) is 0 Å². The number of phenols is 1. The van der Waals surface area contributed by atoms with Crippen molar-refractivity contribution >= 4 is 21.9 Å². The molecular formula is C9H8BrF2NO3. The lowest BCUT2D eigenvalue weighted by atomic mass is 10.0. The predicted molar refractivity (Wildman–Crippen MR) is 55.7 cm³/mol. The monoisotopic (exact) mass is 295 g/mol. The van der Waals surface area contributed by atoms with E-state index >= 15 is 0 Å². The summed E-state index contributed by atoms with van der Waals surface area (Å²) in [6.07, 6.45) is -2.89. The van der Waals surface area contributed by atoms with Crippen LogP contribution in [-0.4, -0.2) is 22.6 Å². The third-order valence-electron chi connectivity index (χ3n) is 1.97. The lowest BCUT2D eigenvalue weighted by Gasteiger charge is -2.14. The number of alkyl halides is 2. The highest BCUT2D eigenvalue weighted by Crippen LogP contribution is 2.34. The summed E-state index contributed by atoms with van der Waals surface area (Å²) in [6.45, 7) is 0. The van der Waals surface area contributed by atoms with Crippen LogP contribution in [0, 0.1) is 0 Å². The van der Waals surface area contributed by atoms with Gasteiger partial charge < -0.3 is 15.9 Å². The van der Waals surface area contributed by atoms with Gasteiger partial charge in [0.1, 0.15) is 5.75 Å². The van der Waals surface area contributed by atoms with Crippen molar-refractivity contribution in [1.82, 2.24) is 0 Å². The molecule has 7 heteroatoms. The van der Waals surface area contributed by atoms with E-state index in [1.54, 1.807) is 0 Å². The number of benzene rings is 1. The number of aromatic carboxylic acids is 1. The van der Waals surface area contributed by atoms with E-state index in [-0.39, 0.29) is 15.6 Å². The van der Waals surface area contributed by atoms with Crippen molar-refractivity contribution in [2.75, 3.05) is 0 Å². The first kappa shape index (κ1) is 12.9. The van der Waals surface area contributed by atoms with Crippen LogP contribution < -0.4 is 5.73 Å². The van der Waals surface area contributed by atoms with Crippen molar-refractivity contribution < 1.29 is 23.8 Å². The van der Waals surface area contributed by atoms with Crippen LogP contribution >= 0.6 is 15.9 Å². The molecule has 0 amide bonds.